The highest BCUT2D eigenvalue weighted by atomic mass is 19.1. The largest absolute Gasteiger partial charge is 0.491 e. The van der Waals surface area contributed by atoms with Gasteiger partial charge in [0.1, 0.15) is 0 Å². The lowest BCUT2D eigenvalue weighted by Crippen LogP contribution is -2.51. The molecule has 1 saturated heterocycles. The molecule has 3 atom stereocenters. The van der Waals surface area contributed by atoms with Crippen LogP contribution in [-0.2, 0) is 16.0 Å². The Balaban J connectivity index is 1.47. The minimum absolute atomic E-state index is 0.164. The van der Waals surface area contributed by atoms with Crippen LogP contribution in [0.25, 0.3) is 0 Å². The SMILES string of the molecule is COc1c(F)cc(CN2CC[C@]3(OC)CC[C@@H](OCC4CC4)C[C@H]23)cc1F. The van der Waals surface area contributed by atoms with Gasteiger partial charge in [0.2, 0.25) is 0 Å². The summed E-state index contributed by atoms with van der Waals surface area (Å²) in [4.78, 5) is 2.30. The van der Waals surface area contributed by atoms with Gasteiger partial charge in [0, 0.05) is 32.8 Å². The van der Waals surface area contributed by atoms with Crippen molar-refractivity contribution < 1.29 is 23.0 Å². The van der Waals surface area contributed by atoms with Gasteiger partial charge in [-0.1, -0.05) is 0 Å². The maximum atomic E-state index is 14.1. The van der Waals surface area contributed by atoms with Crippen molar-refractivity contribution in [2.45, 2.75) is 62.8 Å². The van der Waals surface area contributed by atoms with Crippen molar-refractivity contribution in [2.24, 2.45) is 5.92 Å². The summed E-state index contributed by atoms with van der Waals surface area (Å²) in [6, 6.07) is 2.96. The molecule has 4 nitrogen and oxygen atoms in total. The van der Waals surface area contributed by atoms with Crippen LogP contribution in [0.5, 0.6) is 5.75 Å². The molecule has 0 radical (unpaired) electrons. The van der Waals surface area contributed by atoms with Gasteiger partial charge in [0.25, 0.3) is 0 Å². The first-order valence-corrected chi connectivity index (χ1v) is 9.97. The lowest BCUT2D eigenvalue weighted by atomic mass is 9.79. The van der Waals surface area contributed by atoms with Gasteiger partial charge in [-0.3, -0.25) is 4.90 Å². The fourth-order valence-electron chi connectivity index (χ4n) is 4.79. The fourth-order valence-corrected chi connectivity index (χ4v) is 4.79. The second-order valence-electron chi connectivity index (χ2n) is 8.27. The molecule has 2 saturated carbocycles. The summed E-state index contributed by atoms with van der Waals surface area (Å²) in [6.45, 7) is 2.23. The summed E-state index contributed by atoms with van der Waals surface area (Å²) < 4.78 is 45.1. The molecule has 150 valence electrons. The van der Waals surface area contributed by atoms with Crippen molar-refractivity contribution in [1.82, 2.24) is 4.90 Å². The molecule has 0 bridgehead atoms. The van der Waals surface area contributed by atoms with Crippen LogP contribution in [0.2, 0.25) is 0 Å². The van der Waals surface area contributed by atoms with E-state index in [0.29, 0.717) is 12.1 Å². The van der Waals surface area contributed by atoms with Crippen LogP contribution in [0, 0.1) is 17.6 Å². The molecule has 6 heteroatoms. The number of likely N-dealkylation sites (tertiary alicyclic amines) is 1. The Morgan fingerprint density at radius 3 is 2.48 bits per heavy atom. The van der Waals surface area contributed by atoms with Gasteiger partial charge in [0.15, 0.2) is 17.4 Å². The van der Waals surface area contributed by atoms with E-state index in [1.807, 2.05) is 0 Å². The Morgan fingerprint density at radius 1 is 1.11 bits per heavy atom. The molecular weight excluding hydrogens is 352 g/mol. The van der Waals surface area contributed by atoms with E-state index in [-0.39, 0.29) is 23.5 Å². The fraction of sp³-hybridized carbons (Fsp3) is 0.714. The molecule has 1 aromatic carbocycles. The van der Waals surface area contributed by atoms with Crippen molar-refractivity contribution in [3.8, 4) is 5.75 Å². The molecule has 0 spiro atoms. The predicted molar refractivity (Wildman–Crippen MR) is 97.8 cm³/mol. The predicted octanol–water partition coefficient (Wildman–Crippen LogP) is 3.91. The number of hydrogen-bond acceptors (Lipinski definition) is 4. The van der Waals surface area contributed by atoms with Crippen LogP contribution < -0.4 is 4.74 Å². The Kier molecular flexibility index (Phi) is 5.41. The van der Waals surface area contributed by atoms with E-state index in [2.05, 4.69) is 4.90 Å². The zero-order valence-electron chi connectivity index (χ0n) is 16.2. The zero-order chi connectivity index (χ0) is 19.0. The highest BCUT2D eigenvalue weighted by Gasteiger charge is 2.51. The van der Waals surface area contributed by atoms with Crippen LogP contribution in [0.3, 0.4) is 0 Å². The van der Waals surface area contributed by atoms with Gasteiger partial charge < -0.3 is 14.2 Å². The topological polar surface area (TPSA) is 30.9 Å². The molecule has 3 aliphatic rings. The molecular formula is C21H29F2NO3. The van der Waals surface area contributed by atoms with Crippen molar-refractivity contribution in [1.29, 1.82) is 0 Å². The van der Waals surface area contributed by atoms with Gasteiger partial charge in [0.05, 0.1) is 18.8 Å². The number of hydrogen-bond donors (Lipinski definition) is 0. The monoisotopic (exact) mass is 381 g/mol. The number of halogens is 2. The third-order valence-electron chi connectivity index (χ3n) is 6.56. The average molecular weight is 381 g/mol. The van der Waals surface area contributed by atoms with Crippen LogP contribution in [0.4, 0.5) is 8.78 Å². The Bertz CT molecular complexity index is 658. The Morgan fingerprint density at radius 2 is 1.85 bits per heavy atom. The van der Waals surface area contributed by atoms with E-state index in [1.54, 1.807) is 7.11 Å². The second-order valence-corrected chi connectivity index (χ2v) is 8.27. The van der Waals surface area contributed by atoms with Crippen LogP contribution in [0.1, 0.15) is 44.1 Å². The highest BCUT2D eigenvalue weighted by Crippen LogP contribution is 2.44. The highest BCUT2D eigenvalue weighted by molar-refractivity contribution is 5.31. The number of fused-ring (bicyclic) bond motifs is 1. The smallest absolute Gasteiger partial charge is 0.190 e. The molecule has 2 aliphatic carbocycles. The molecule has 0 aromatic heterocycles. The third-order valence-corrected chi connectivity index (χ3v) is 6.56. The molecule has 0 N–H and O–H groups in total. The standard InChI is InChI=1S/C21H29F2NO3/c1-25-20-17(22)9-15(10-18(20)23)12-24-8-7-21(26-2)6-5-16(11-19(21)24)27-13-14-3-4-14/h9-10,14,16,19H,3-8,11-13H2,1-2H3/t16-,19+,21-/m1/s1. The van der Waals surface area contributed by atoms with Gasteiger partial charge in [-0.25, -0.2) is 8.78 Å². The lowest BCUT2D eigenvalue weighted by molar-refractivity contribution is -0.103. The van der Waals surface area contributed by atoms with Crippen LogP contribution >= 0.6 is 0 Å². The van der Waals surface area contributed by atoms with Gasteiger partial charge in [-0.2, -0.15) is 0 Å². The number of rotatable bonds is 7. The minimum Gasteiger partial charge on any atom is -0.491 e. The first kappa shape index (κ1) is 19.1. The van der Waals surface area contributed by atoms with Crippen LogP contribution in [-0.4, -0.2) is 50.0 Å². The van der Waals surface area contributed by atoms with Crippen molar-refractivity contribution in [3.05, 3.63) is 29.3 Å². The Labute approximate surface area is 159 Å². The van der Waals surface area contributed by atoms with Gasteiger partial charge in [-0.05, 0) is 62.1 Å². The summed E-state index contributed by atoms with van der Waals surface area (Å²) >= 11 is 0. The van der Waals surface area contributed by atoms with Crippen molar-refractivity contribution in [3.63, 3.8) is 0 Å². The number of ether oxygens (including phenoxy) is 3. The normalized spacial score (nSPS) is 31.1. The molecule has 3 fully saturated rings. The number of benzene rings is 1. The second kappa shape index (κ2) is 7.64. The summed E-state index contributed by atoms with van der Waals surface area (Å²) in [5.41, 5.74) is 0.460. The Hall–Kier alpha value is -1.24. The molecule has 1 heterocycles. The van der Waals surface area contributed by atoms with E-state index in [1.165, 1.54) is 32.1 Å². The summed E-state index contributed by atoms with van der Waals surface area (Å²) in [5.74, 6) is -0.875. The van der Waals surface area contributed by atoms with E-state index in [0.717, 1.165) is 44.8 Å². The molecule has 0 amide bonds. The molecule has 1 aliphatic heterocycles. The average Bonchev–Trinajstić information content (AvgIpc) is 3.42. The molecule has 0 unspecified atom stereocenters. The number of methoxy groups -OCH3 is 2. The van der Waals surface area contributed by atoms with Crippen LogP contribution in [0.15, 0.2) is 12.1 Å². The summed E-state index contributed by atoms with van der Waals surface area (Å²) in [6.07, 6.45) is 6.70. The number of nitrogens with zero attached hydrogens (tertiary/aromatic N) is 1. The first-order valence-electron chi connectivity index (χ1n) is 9.97. The van der Waals surface area contributed by atoms with Gasteiger partial charge in [-0.15, -0.1) is 0 Å². The molecule has 4 rings (SSSR count). The molecule has 27 heavy (non-hydrogen) atoms. The van der Waals surface area contributed by atoms with E-state index in [9.17, 15) is 8.78 Å². The van der Waals surface area contributed by atoms with E-state index in [4.69, 9.17) is 14.2 Å². The minimum atomic E-state index is -0.654. The molecule has 1 aromatic rings. The summed E-state index contributed by atoms with van der Waals surface area (Å²) in [7, 11) is 3.06. The maximum Gasteiger partial charge on any atom is 0.190 e. The first-order chi connectivity index (χ1) is 13.0. The van der Waals surface area contributed by atoms with E-state index >= 15 is 0 Å². The summed E-state index contributed by atoms with van der Waals surface area (Å²) in [5, 5.41) is 0. The third kappa shape index (κ3) is 3.84. The quantitative estimate of drug-likeness (QED) is 0.717. The maximum absolute atomic E-state index is 14.1. The lowest BCUT2D eigenvalue weighted by Gasteiger charge is -2.43. The van der Waals surface area contributed by atoms with E-state index < -0.39 is 11.6 Å². The zero-order valence-corrected chi connectivity index (χ0v) is 16.2. The van der Waals surface area contributed by atoms with Crippen molar-refractivity contribution >= 4 is 0 Å². The van der Waals surface area contributed by atoms with Crippen molar-refractivity contribution in [2.75, 3.05) is 27.4 Å². The van der Waals surface area contributed by atoms with Gasteiger partial charge >= 0.3 is 0 Å².